The molecule has 117 heavy (non-hydrogen) atoms. The fraction of sp³-hybridized carbons (Fsp3) is 0.449. The molecule has 12 atom stereocenters. The SMILES string of the molecule is CC(C)CC(N)C(=O)N1CCCC1C(=O)NC(CC(N)=O)C(=O)NC(Cc1ccc(O)cc1)C(=O)NC(CC(N)=O)C(=O)NC(Cc1c[nH]c2ccccc12)C(=O)NC(CC(N)=O)C(=O)NC(CO)C(=O)NC(Cc1ccccc1)C(=O)NCC(=O)NC(CC(C)C)C(=O)NC(CCCN=C(N)N)C(=O)NC(Cc1ccccc1)C(N)=O. The lowest BCUT2D eigenvalue weighted by atomic mass is 10.0. The number of phenolic OH excluding ortho intramolecular Hbond substituents is 1. The van der Waals surface area contributed by atoms with Crippen molar-refractivity contribution in [3.63, 3.8) is 0 Å². The second kappa shape index (κ2) is 45.7. The number of fused-ring (bicyclic) bond motifs is 1. The standard InChI is InChI=1S/C78H107N21O18/c1-41(2)29-49(79)77(117)99-28-14-22-61(99)76(116)97-59(37-64(82)104)73(113)93-55(33-45-23-25-47(101)26-24-45)70(110)95-57(35-62(80)102)72(112)94-56(34-46-38-87-50-20-12-11-19-48(46)50)71(111)96-58(36-63(81)103)74(114)98-60(40-100)75(115)92-54(32-44-17-9-6-10-18-44)67(107)88-39-65(105)89-53(30-42(3)4)69(109)90-51(21-13-27-86-78(84)85)68(108)91-52(66(83)106)31-43-15-7-5-8-16-43/h5-12,15-20,23-26,38,41-42,49,51-61,87,100-101H,13-14,21-22,27-37,39-40,79H2,1-4H3,(H2,80,102)(H2,81,103)(H2,82,104)(H2,83,106)(H,88,107)(H,89,105)(H,90,109)(H,91,108)(H,92,115)(H,93,113)(H,94,112)(H,95,110)(H,96,111)(H,97,116)(H,98,114)(H4,84,85,86). The molecule has 1 aliphatic rings. The number of aromatic hydroxyl groups is 1. The van der Waals surface area contributed by atoms with Gasteiger partial charge in [-0.2, -0.15) is 0 Å². The molecule has 0 bridgehead atoms. The lowest BCUT2D eigenvalue weighted by Crippen LogP contribution is -2.62. The van der Waals surface area contributed by atoms with E-state index in [1.165, 1.54) is 35.4 Å². The van der Waals surface area contributed by atoms with Crippen molar-refractivity contribution in [2.75, 3.05) is 26.2 Å². The third kappa shape index (κ3) is 30.7. The number of carbonyl (C=O) groups excluding carboxylic acids is 16. The van der Waals surface area contributed by atoms with Gasteiger partial charge in [0.15, 0.2) is 5.96 Å². The zero-order valence-electron chi connectivity index (χ0n) is 65.4. The fourth-order valence-corrected chi connectivity index (χ4v) is 12.9. The number of aromatic amines is 1. The van der Waals surface area contributed by atoms with E-state index in [0.29, 0.717) is 40.4 Å². The summed E-state index contributed by atoms with van der Waals surface area (Å²) in [6.45, 7) is 5.44. The van der Waals surface area contributed by atoms with Gasteiger partial charge in [-0.15, -0.1) is 0 Å². The number of primary amides is 4. The fourth-order valence-electron chi connectivity index (χ4n) is 12.9. The summed E-state index contributed by atoms with van der Waals surface area (Å²) in [6.07, 6.45) is -1.45. The zero-order valence-corrected chi connectivity index (χ0v) is 65.4. The molecule has 12 unspecified atom stereocenters. The number of hydrogen-bond acceptors (Lipinski definition) is 20. The smallest absolute Gasteiger partial charge is 0.245 e. The third-order valence-corrected chi connectivity index (χ3v) is 18.8. The monoisotopic (exact) mass is 1630 g/mol. The summed E-state index contributed by atoms with van der Waals surface area (Å²) in [5, 5.41) is 48.4. The Hall–Kier alpha value is -13.1. The van der Waals surface area contributed by atoms with Crippen LogP contribution in [0.1, 0.15) is 108 Å². The lowest BCUT2D eigenvalue weighted by Gasteiger charge is -2.29. The minimum atomic E-state index is -2.03. The summed E-state index contributed by atoms with van der Waals surface area (Å²) < 4.78 is 0. The van der Waals surface area contributed by atoms with E-state index in [-0.39, 0.29) is 80.7 Å². The van der Waals surface area contributed by atoms with Crippen LogP contribution in [0.25, 0.3) is 10.9 Å². The van der Waals surface area contributed by atoms with Crippen LogP contribution in [0, 0.1) is 11.8 Å². The van der Waals surface area contributed by atoms with E-state index in [1.807, 2.05) is 13.8 Å². The lowest BCUT2D eigenvalue weighted by molar-refractivity contribution is -0.141. The van der Waals surface area contributed by atoms with E-state index in [4.69, 9.17) is 40.1 Å². The molecular weight excluding hydrogens is 1520 g/mol. The highest BCUT2D eigenvalue weighted by Crippen LogP contribution is 2.23. The van der Waals surface area contributed by atoms with Crippen molar-refractivity contribution in [1.29, 1.82) is 0 Å². The first-order chi connectivity index (χ1) is 55.5. The molecule has 1 aromatic heterocycles. The van der Waals surface area contributed by atoms with Gasteiger partial charge in [0.05, 0.1) is 38.5 Å². The molecule has 632 valence electrons. The number of aromatic nitrogens is 1. The van der Waals surface area contributed by atoms with Crippen LogP contribution in [0.4, 0.5) is 0 Å². The number of aliphatic hydroxyl groups is 1. The van der Waals surface area contributed by atoms with Crippen LogP contribution in [-0.2, 0) is 102 Å². The molecule has 0 saturated carbocycles. The van der Waals surface area contributed by atoms with Gasteiger partial charge in [0, 0.05) is 55.9 Å². The van der Waals surface area contributed by atoms with Crippen molar-refractivity contribution >= 4 is 111 Å². The number of H-pyrrole nitrogens is 1. The second-order valence-corrected chi connectivity index (χ2v) is 29.3. The summed E-state index contributed by atoms with van der Waals surface area (Å²) in [6, 6.07) is 9.94. The van der Waals surface area contributed by atoms with E-state index in [0.717, 1.165) is 0 Å². The van der Waals surface area contributed by atoms with E-state index in [9.17, 15) is 86.9 Å². The van der Waals surface area contributed by atoms with Crippen LogP contribution in [-0.4, -0.2) is 219 Å². The van der Waals surface area contributed by atoms with Crippen LogP contribution in [0.15, 0.2) is 120 Å². The molecule has 28 N–H and O–H groups in total. The van der Waals surface area contributed by atoms with Crippen molar-refractivity contribution in [1.82, 2.24) is 68.4 Å². The molecule has 1 saturated heterocycles. The van der Waals surface area contributed by atoms with Crippen molar-refractivity contribution in [3.8, 4) is 5.75 Å². The number of aliphatic hydroxyl groups excluding tert-OH is 1. The van der Waals surface area contributed by atoms with Crippen LogP contribution in [0.2, 0.25) is 0 Å². The molecule has 1 fully saturated rings. The van der Waals surface area contributed by atoms with E-state index >= 15 is 0 Å². The number of guanidine groups is 1. The number of hydrogen-bond donors (Lipinski definition) is 21. The molecule has 6 rings (SSSR count). The van der Waals surface area contributed by atoms with Gasteiger partial charge in [-0.05, 0) is 90.8 Å². The largest absolute Gasteiger partial charge is 0.508 e. The van der Waals surface area contributed by atoms with Gasteiger partial charge in [-0.3, -0.25) is 81.7 Å². The topological polar surface area (TPSA) is 659 Å². The number of aliphatic imine (C=N–C) groups is 1. The van der Waals surface area contributed by atoms with Crippen molar-refractivity contribution < 1.29 is 86.9 Å². The van der Waals surface area contributed by atoms with Gasteiger partial charge in [-0.25, -0.2) is 0 Å². The average molecular weight is 1630 g/mol. The molecule has 39 heteroatoms. The summed E-state index contributed by atoms with van der Waals surface area (Å²) in [5.41, 5.74) is 42.1. The highest BCUT2D eigenvalue weighted by Gasteiger charge is 2.41. The Morgan fingerprint density at radius 1 is 0.479 bits per heavy atom. The molecular formula is C78H107N21O18. The van der Waals surface area contributed by atoms with Crippen LogP contribution in [0.3, 0.4) is 0 Å². The van der Waals surface area contributed by atoms with E-state index in [2.05, 4.69) is 68.5 Å². The predicted octanol–water partition coefficient (Wildman–Crippen LogP) is -5.32. The molecule has 5 aromatic rings. The first-order valence-corrected chi connectivity index (χ1v) is 38.1. The summed E-state index contributed by atoms with van der Waals surface area (Å²) in [7, 11) is 0. The zero-order chi connectivity index (χ0) is 86.2. The molecule has 39 nitrogen and oxygen atoms in total. The van der Waals surface area contributed by atoms with Crippen molar-refractivity contribution in [2.24, 2.45) is 57.0 Å². The van der Waals surface area contributed by atoms with Crippen molar-refractivity contribution in [3.05, 3.63) is 138 Å². The number of amides is 16. The number of para-hydroxylation sites is 1. The Labute approximate surface area is 674 Å². The number of carbonyl (C=O) groups is 16. The first-order valence-electron chi connectivity index (χ1n) is 38.1. The minimum Gasteiger partial charge on any atom is -0.508 e. The van der Waals surface area contributed by atoms with Crippen LogP contribution in [0.5, 0.6) is 5.75 Å². The number of nitrogens with one attached hydrogen (secondary N) is 12. The normalized spacial score (nSPS) is 15.2. The number of phenols is 1. The Bertz CT molecular complexity index is 4350. The minimum absolute atomic E-state index is 0.00934. The molecule has 16 amide bonds. The molecule has 0 aliphatic carbocycles. The Morgan fingerprint density at radius 2 is 0.906 bits per heavy atom. The van der Waals surface area contributed by atoms with Gasteiger partial charge in [0.1, 0.15) is 72.2 Å². The van der Waals surface area contributed by atoms with Crippen molar-refractivity contribution in [2.45, 2.75) is 184 Å². The summed E-state index contributed by atoms with van der Waals surface area (Å²) >= 11 is 0. The number of nitrogens with two attached hydrogens (primary N) is 7. The second-order valence-electron chi connectivity index (χ2n) is 29.3. The van der Waals surface area contributed by atoms with Gasteiger partial charge in [-0.1, -0.05) is 119 Å². The third-order valence-electron chi connectivity index (χ3n) is 18.8. The average Bonchev–Trinajstić information content (AvgIpc) is 1.67. The Morgan fingerprint density at radius 3 is 1.42 bits per heavy atom. The molecule has 0 spiro atoms. The Kier molecular flexibility index (Phi) is 36.3. The maximum Gasteiger partial charge on any atom is 0.245 e. The van der Waals surface area contributed by atoms with E-state index < -0.39 is 212 Å². The van der Waals surface area contributed by atoms with Gasteiger partial charge in [0.25, 0.3) is 0 Å². The van der Waals surface area contributed by atoms with Gasteiger partial charge in [0.2, 0.25) is 94.5 Å². The van der Waals surface area contributed by atoms with Crippen LogP contribution < -0.4 is 98.6 Å². The molecule has 2 heterocycles. The first kappa shape index (κ1) is 92.8. The maximum atomic E-state index is 14.9. The summed E-state index contributed by atoms with van der Waals surface area (Å²) in [5.74, 6) is -17.2. The maximum absolute atomic E-state index is 14.9. The molecule has 0 radical (unpaired) electrons. The Balaban J connectivity index is 1.20. The molecule has 1 aliphatic heterocycles. The number of rotatable bonds is 47. The predicted molar refractivity (Wildman–Crippen MR) is 426 cm³/mol. The number of benzene rings is 4. The highest BCUT2D eigenvalue weighted by molar-refractivity contribution is 6.02. The number of likely N-dealkylation sites (tertiary alicyclic amines) is 1. The van der Waals surface area contributed by atoms with Gasteiger partial charge < -0.3 is 119 Å². The van der Waals surface area contributed by atoms with Gasteiger partial charge >= 0.3 is 0 Å². The quantitative estimate of drug-likeness (QED) is 0.00982. The highest BCUT2D eigenvalue weighted by atomic mass is 16.3. The van der Waals surface area contributed by atoms with E-state index in [1.54, 1.807) is 98.8 Å². The summed E-state index contributed by atoms with van der Waals surface area (Å²) in [4.78, 5) is 230. The molecule has 4 aromatic carbocycles. The van der Waals surface area contributed by atoms with Crippen LogP contribution >= 0.6 is 0 Å². The number of nitrogens with zero attached hydrogens (tertiary/aromatic N) is 2.